The minimum atomic E-state index is -0.173. The van der Waals surface area contributed by atoms with E-state index in [1.54, 1.807) is 0 Å². The number of urea groups is 1. The molecule has 0 unspecified atom stereocenters. The number of benzene rings is 1. The lowest BCUT2D eigenvalue weighted by Crippen LogP contribution is -2.49. The Morgan fingerprint density at radius 3 is 2.92 bits per heavy atom. The number of fused-ring (bicyclic) bond motifs is 2. The third kappa shape index (κ3) is 2.68. The average molecular weight is 327 g/mol. The Kier molecular flexibility index (Phi) is 3.80. The van der Waals surface area contributed by atoms with Gasteiger partial charge in [0, 0.05) is 25.0 Å². The van der Waals surface area contributed by atoms with Gasteiger partial charge in [0.15, 0.2) is 17.6 Å². The van der Waals surface area contributed by atoms with Crippen molar-refractivity contribution in [3.8, 4) is 11.5 Å². The lowest BCUT2D eigenvalue weighted by Gasteiger charge is -2.35. The summed E-state index contributed by atoms with van der Waals surface area (Å²) in [7, 11) is 0. The summed E-state index contributed by atoms with van der Waals surface area (Å²) in [4.78, 5) is 14.4. The topological polar surface area (TPSA) is 55.7 Å². The largest absolute Gasteiger partial charge is 0.486 e. The van der Waals surface area contributed by atoms with Gasteiger partial charge in [-0.1, -0.05) is 12.1 Å². The molecule has 126 valence electrons. The number of amides is 2. The molecule has 2 aliphatic rings. The first kappa shape index (κ1) is 14.9. The van der Waals surface area contributed by atoms with Crippen molar-refractivity contribution in [3.63, 3.8) is 0 Å². The fourth-order valence-electron chi connectivity index (χ4n) is 3.32. The number of nitrogens with zero attached hydrogens (tertiary/aromatic N) is 2. The maximum absolute atomic E-state index is 12.5. The van der Waals surface area contributed by atoms with Crippen molar-refractivity contribution in [2.24, 2.45) is 0 Å². The minimum Gasteiger partial charge on any atom is -0.486 e. The summed E-state index contributed by atoms with van der Waals surface area (Å²) in [5, 5.41) is 2.98. The lowest BCUT2D eigenvalue weighted by molar-refractivity contribution is 0.0884. The summed E-state index contributed by atoms with van der Waals surface area (Å²) >= 11 is 0. The van der Waals surface area contributed by atoms with E-state index in [9.17, 15) is 4.79 Å². The van der Waals surface area contributed by atoms with Crippen LogP contribution in [0.5, 0.6) is 11.5 Å². The second-order valence-electron chi connectivity index (χ2n) is 6.18. The smallest absolute Gasteiger partial charge is 0.318 e. The van der Waals surface area contributed by atoms with Crippen LogP contribution < -0.4 is 14.8 Å². The average Bonchev–Trinajstić information content (AvgIpc) is 3.09. The van der Waals surface area contributed by atoms with Crippen LogP contribution in [0.15, 0.2) is 42.6 Å². The maximum Gasteiger partial charge on any atom is 0.318 e. The Bertz CT molecular complexity index is 743. The molecule has 2 aliphatic heterocycles. The summed E-state index contributed by atoms with van der Waals surface area (Å²) in [6.07, 6.45) is 1.89. The van der Waals surface area contributed by atoms with E-state index < -0.39 is 0 Å². The SMILES string of the molecule is C[C@@H]1c2cccn2CCN1C(=O)NC[C@@H]1COc2ccccc2O1. The number of carbonyl (C=O) groups is 1. The summed E-state index contributed by atoms with van der Waals surface area (Å²) in [6, 6.07) is 11.7. The molecular formula is C18H21N3O3. The fraction of sp³-hybridized carbons (Fsp3) is 0.389. The number of nitrogens with one attached hydrogen (secondary N) is 1. The first-order valence-corrected chi connectivity index (χ1v) is 8.30. The van der Waals surface area contributed by atoms with Crippen LogP contribution in [0.1, 0.15) is 18.7 Å². The number of carbonyl (C=O) groups excluding carboxylic acids is 1. The van der Waals surface area contributed by atoms with Crippen molar-refractivity contribution in [2.45, 2.75) is 25.6 Å². The molecule has 0 bridgehead atoms. The summed E-state index contributed by atoms with van der Waals surface area (Å²) in [5.74, 6) is 1.48. The number of para-hydroxylation sites is 2. The van der Waals surface area contributed by atoms with E-state index in [0.717, 1.165) is 18.0 Å². The van der Waals surface area contributed by atoms with Gasteiger partial charge in [0.25, 0.3) is 0 Å². The molecule has 4 rings (SSSR count). The third-order valence-electron chi connectivity index (χ3n) is 4.65. The highest BCUT2D eigenvalue weighted by Gasteiger charge is 2.28. The highest BCUT2D eigenvalue weighted by molar-refractivity contribution is 5.74. The normalized spacial score (nSPS) is 22.0. The van der Waals surface area contributed by atoms with Crippen LogP contribution in [-0.2, 0) is 6.54 Å². The molecular weight excluding hydrogens is 306 g/mol. The van der Waals surface area contributed by atoms with Gasteiger partial charge in [-0.3, -0.25) is 0 Å². The number of hydrogen-bond donors (Lipinski definition) is 1. The molecule has 2 atom stereocenters. The number of rotatable bonds is 2. The second kappa shape index (κ2) is 6.11. The first-order chi connectivity index (χ1) is 11.7. The van der Waals surface area contributed by atoms with Crippen LogP contribution in [0.4, 0.5) is 4.79 Å². The van der Waals surface area contributed by atoms with Crippen LogP contribution in [0.2, 0.25) is 0 Å². The van der Waals surface area contributed by atoms with Crippen molar-refractivity contribution in [1.82, 2.24) is 14.8 Å². The molecule has 0 fully saturated rings. The van der Waals surface area contributed by atoms with Crippen molar-refractivity contribution < 1.29 is 14.3 Å². The van der Waals surface area contributed by atoms with Gasteiger partial charge < -0.3 is 24.3 Å². The number of aromatic nitrogens is 1. The van der Waals surface area contributed by atoms with E-state index in [4.69, 9.17) is 9.47 Å². The molecule has 2 amide bonds. The molecule has 1 aromatic heterocycles. The van der Waals surface area contributed by atoms with Crippen LogP contribution in [0, 0.1) is 0 Å². The Balaban J connectivity index is 1.35. The molecule has 3 heterocycles. The van der Waals surface area contributed by atoms with Gasteiger partial charge in [-0.05, 0) is 31.2 Å². The molecule has 6 nitrogen and oxygen atoms in total. The quantitative estimate of drug-likeness (QED) is 0.921. The van der Waals surface area contributed by atoms with E-state index in [1.165, 1.54) is 5.69 Å². The molecule has 1 N–H and O–H groups in total. The summed E-state index contributed by atoms with van der Waals surface area (Å²) in [6.45, 7) is 4.46. The van der Waals surface area contributed by atoms with E-state index in [1.807, 2.05) is 35.2 Å². The first-order valence-electron chi connectivity index (χ1n) is 8.30. The molecule has 0 saturated carbocycles. The molecule has 1 aromatic carbocycles. The molecule has 0 spiro atoms. The monoisotopic (exact) mass is 327 g/mol. The molecule has 0 radical (unpaired) electrons. The molecule has 2 aromatic rings. The Labute approximate surface area is 141 Å². The predicted molar refractivity (Wildman–Crippen MR) is 89.3 cm³/mol. The number of hydrogen-bond acceptors (Lipinski definition) is 3. The van der Waals surface area contributed by atoms with Gasteiger partial charge in [-0.15, -0.1) is 0 Å². The van der Waals surface area contributed by atoms with Crippen LogP contribution >= 0.6 is 0 Å². The van der Waals surface area contributed by atoms with Crippen molar-refractivity contribution in [2.75, 3.05) is 19.7 Å². The standard InChI is InChI=1S/C18H21N3O3/c1-13-15-5-4-8-20(15)9-10-21(13)18(22)19-11-14-12-23-16-6-2-3-7-17(16)24-14/h2-8,13-14H,9-12H2,1H3,(H,19,22)/t13-,14-/m1/s1. The van der Waals surface area contributed by atoms with Crippen molar-refractivity contribution in [1.29, 1.82) is 0 Å². The Hall–Kier alpha value is -2.63. The van der Waals surface area contributed by atoms with Gasteiger partial charge in [-0.25, -0.2) is 4.79 Å². The summed E-state index contributed by atoms with van der Waals surface area (Å²) in [5.41, 5.74) is 1.17. The van der Waals surface area contributed by atoms with Gasteiger partial charge in [0.1, 0.15) is 6.61 Å². The van der Waals surface area contributed by atoms with Gasteiger partial charge in [-0.2, -0.15) is 0 Å². The maximum atomic E-state index is 12.5. The second-order valence-corrected chi connectivity index (χ2v) is 6.18. The molecule has 6 heteroatoms. The molecule has 0 aliphatic carbocycles. The molecule has 24 heavy (non-hydrogen) atoms. The number of ether oxygens (including phenoxy) is 2. The lowest BCUT2D eigenvalue weighted by atomic mass is 10.1. The van der Waals surface area contributed by atoms with Gasteiger partial charge >= 0.3 is 6.03 Å². The third-order valence-corrected chi connectivity index (χ3v) is 4.65. The van der Waals surface area contributed by atoms with Crippen molar-refractivity contribution >= 4 is 6.03 Å². The highest BCUT2D eigenvalue weighted by atomic mass is 16.6. The van der Waals surface area contributed by atoms with Gasteiger partial charge in [0.2, 0.25) is 0 Å². The summed E-state index contributed by atoms with van der Waals surface area (Å²) < 4.78 is 13.8. The Morgan fingerprint density at radius 1 is 1.21 bits per heavy atom. The zero-order chi connectivity index (χ0) is 16.5. The van der Waals surface area contributed by atoms with Gasteiger partial charge in [0.05, 0.1) is 12.6 Å². The Morgan fingerprint density at radius 2 is 2.04 bits per heavy atom. The predicted octanol–water partition coefficient (Wildman–Crippen LogP) is 2.41. The van der Waals surface area contributed by atoms with Crippen LogP contribution in [-0.4, -0.2) is 41.3 Å². The van der Waals surface area contributed by atoms with E-state index >= 15 is 0 Å². The van der Waals surface area contributed by atoms with Crippen LogP contribution in [0.25, 0.3) is 0 Å². The van der Waals surface area contributed by atoms with Crippen molar-refractivity contribution in [3.05, 3.63) is 48.3 Å². The minimum absolute atomic E-state index is 0.0580. The highest BCUT2D eigenvalue weighted by Crippen LogP contribution is 2.30. The van der Waals surface area contributed by atoms with Crippen LogP contribution in [0.3, 0.4) is 0 Å². The molecule has 0 saturated heterocycles. The van der Waals surface area contributed by atoms with E-state index in [-0.39, 0.29) is 18.2 Å². The fourth-order valence-corrected chi connectivity index (χ4v) is 3.32. The zero-order valence-corrected chi connectivity index (χ0v) is 13.6. The van der Waals surface area contributed by atoms with E-state index in [2.05, 4.69) is 29.1 Å². The zero-order valence-electron chi connectivity index (χ0n) is 13.6. The van der Waals surface area contributed by atoms with E-state index in [0.29, 0.717) is 19.7 Å².